The highest BCUT2D eigenvalue weighted by atomic mass is 32.3. The van der Waals surface area contributed by atoms with E-state index in [0.717, 1.165) is 0 Å². The van der Waals surface area contributed by atoms with Gasteiger partial charge in [-0.2, -0.15) is 8.42 Å². The Morgan fingerprint density at radius 3 is 1.17 bits per heavy atom. The molecule has 2 radical (unpaired) electrons. The van der Waals surface area contributed by atoms with E-state index in [2.05, 4.69) is 0 Å². The normalized spacial score (nSPS) is 9.67. The molecule has 0 aliphatic heterocycles. The van der Waals surface area contributed by atoms with Gasteiger partial charge in [0, 0.05) is 13.5 Å². The summed E-state index contributed by atoms with van der Waals surface area (Å²) < 4.78 is 31.6. The molecule has 0 aliphatic rings. The lowest BCUT2D eigenvalue weighted by Crippen LogP contribution is -1.89. The molecule has 38 valence electrons. The molecule has 0 aromatic heterocycles. The fourth-order valence-corrected chi connectivity index (χ4v) is 0. The van der Waals surface area contributed by atoms with Crippen molar-refractivity contribution in [3.63, 3.8) is 0 Å². The van der Waals surface area contributed by atoms with Crippen LogP contribution in [0.2, 0.25) is 0 Å². The Hall–Kier alpha value is 0.220. The van der Waals surface area contributed by atoms with Crippen molar-refractivity contribution in [3.8, 4) is 0 Å². The van der Waals surface area contributed by atoms with Crippen LogP contribution in [-0.4, -0.2) is 17.5 Å². The third kappa shape index (κ3) is 904. The Morgan fingerprint density at radius 1 is 1.17 bits per heavy atom. The van der Waals surface area contributed by atoms with Crippen LogP contribution in [0.5, 0.6) is 0 Å². The van der Waals surface area contributed by atoms with Crippen molar-refractivity contribution in [2.75, 3.05) is 0 Å². The van der Waals surface area contributed by atoms with Gasteiger partial charge in [-0.3, -0.25) is 9.11 Å². The van der Waals surface area contributed by atoms with E-state index in [9.17, 15) is 0 Å². The minimum Gasteiger partial charge on any atom is -0.264 e. The first-order valence-corrected chi connectivity index (χ1v) is 2.10. The van der Waals surface area contributed by atoms with Gasteiger partial charge < -0.3 is 0 Å². The molecule has 0 fully saturated rings. The summed E-state index contributed by atoms with van der Waals surface area (Å²) in [5.74, 6) is 0. The molecule has 6 heavy (non-hydrogen) atoms. The first kappa shape index (κ1) is 9.52. The molecule has 0 heterocycles. The first-order chi connectivity index (χ1) is 2.00. The van der Waals surface area contributed by atoms with E-state index in [1.54, 1.807) is 0 Å². The monoisotopic (exact) mass is 130 g/mol. The van der Waals surface area contributed by atoms with Crippen molar-refractivity contribution in [3.05, 3.63) is 0 Å². The summed E-state index contributed by atoms with van der Waals surface area (Å²) in [6, 6.07) is 0. The Morgan fingerprint density at radius 2 is 1.17 bits per heavy atom. The van der Waals surface area contributed by atoms with Crippen molar-refractivity contribution in [2.24, 2.45) is 0 Å². The molecular weight excluding hydrogens is 128 g/mol. The van der Waals surface area contributed by atoms with Crippen LogP contribution in [0.15, 0.2) is 0 Å². The molecule has 0 aromatic rings. The third-order valence-electron chi connectivity index (χ3n) is 0. The van der Waals surface area contributed by atoms with Crippen molar-refractivity contribution in [2.45, 2.75) is 0 Å². The van der Waals surface area contributed by atoms with Crippen molar-refractivity contribution in [1.29, 1.82) is 0 Å². The largest absolute Gasteiger partial charge is 0.394 e. The lowest BCUT2D eigenvalue weighted by molar-refractivity contribution is 0.381. The second-order valence-corrected chi connectivity index (χ2v) is 1.34. The standard InChI is InChI=1S/H2O4S.S/c1-5(2,3)4;/h(H2,1,2,3,4);. The van der Waals surface area contributed by atoms with E-state index in [4.69, 9.17) is 17.5 Å². The molecule has 6 heteroatoms. The second-order valence-electron chi connectivity index (χ2n) is 0.448. The van der Waals surface area contributed by atoms with Crippen LogP contribution in [0.4, 0.5) is 0 Å². The van der Waals surface area contributed by atoms with E-state index in [-0.39, 0.29) is 13.5 Å². The molecule has 0 unspecified atom stereocenters. The van der Waals surface area contributed by atoms with E-state index in [1.165, 1.54) is 0 Å². The third-order valence-corrected chi connectivity index (χ3v) is 0. The van der Waals surface area contributed by atoms with Crippen molar-refractivity contribution in [1.82, 2.24) is 0 Å². The van der Waals surface area contributed by atoms with Crippen LogP contribution in [-0.2, 0) is 10.4 Å². The van der Waals surface area contributed by atoms with Crippen molar-refractivity contribution < 1.29 is 17.5 Å². The number of rotatable bonds is 0. The zero-order valence-corrected chi connectivity index (χ0v) is 4.16. The summed E-state index contributed by atoms with van der Waals surface area (Å²) in [5.41, 5.74) is 0. The molecule has 0 amide bonds. The topological polar surface area (TPSA) is 74.6 Å². The molecule has 0 bridgehead atoms. The van der Waals surface area contributed by atoms with Crippen LogP contribution < -0.4 is 0 Å². The summed E-state index contributed by atoms with van der Waals surface area (Å²) >= 11 is 0. The van der Waals surface area contributed by atoms with Gasteiger partial charge in [0.25, 0.3) is 0 Å². The predicted molar refractivity (Wildman–Crippen MR) is 21.8 cm³/mol. The van der Waals surface area contributed by atoms with Gasteiger partial charge in [0.15, 0.2) is 0 Å². The van der Waals surface area contributed by atoms with Crippen LogP contribution in [0.25, 0.3) is 0 Å². The van der Waals surface area contributed by atoms with Crippen LogP contribution in [0, 0.1) is 0 Å². The highest BCUT2D eigenvalue weighted by Gasteiger charge is 1.84. The SMILES string of the molecule is O=S(=O)(O)O.[S]. The van der Waals surface area contributed by atoms with Crippen LogP contribution in [0.1, 0.15) is 0 Å². The average molecular weight is 130 g/mol. The minimum absolute atomic E-state index is 0. The average Bonchev–Trinajstić information content (AvgIpc) is 0.722. The molecule has 0 rings (SSSR count). The highest BCUT2D eigenvalue weighted by Crippen LogP contribution is 1.59. The summed E-state index contributed by atoms with van der Waals surface area (Å²) in [7, 11) is -4.67. The zero-order chi connectivity index (χ0) is 4.50. The Balaban J connectivity index is 0. The Labute approximate surface area is 42.2 Å². The van der Waals surface area contributed by atoms with E-state index in [0.29, 0.717) is 0 Å². The molecule has 2 N–H and O–H groups in total. The zero-order valence-electron chi connectivity index (χ0n) is 2.53. The molecular formula is H2O4S2. The molecule has 0 aromatic carbocycles. The fraction of sp³-hybridized carbons (Fsp3) is 0. The van der Waals surface area contributed by atoms with Gasteiger partial charge in [-0.1, -0.05) is 0 Å². The quantitative estimate of drug-likeness (QED) is 0.452. The molecule has 0 atom stereocenters. The molecule has 0 aliphatic carbocycles. The van der Waals surface area contributed by atoms with E-state index < -0.39 is 10.4 Å². The van der Waals surface area contributed by atoms with Gasteiger partial charge in [-0.05, 0) is 0 Å². The second kappa shape index (κ2) is 2.40. The van der Waals surface area contributed by atoms with Gasteiger partial charge in [-0.15, -0.1) is 0 Å². The summed E-state index contributed by atoms with van der Waals surface area (Å²) in [6.07, 6.45) is 0. The highest BCUT2D eigenvalue weighted by molar-refractivity contribution is 7.79. The summed E-state index contributed by atoms with van der Waals surface area (Å²) in [5, 5.41) is 0. The van der Waals surface area contributed by atoms with Gasteiger partial charge in [0.05, 0.1) is 0 Å². The maximum Gasteiger partial charge on any atom is 0.394 e. The Kier molecular flexibility index (Phi) is 3.81. The molecule has 0 spiro atoms. The van der Waals surface area contributed by atoms with Gasteiger partial charge in [0.2, 0.25) is 0 Å². The maximum atomic E-state index is 8.74. The van der Waals surface area contributed by atoms with Gasteiger partial charge in [-0.25, -0.2) is 0 Å². The maximum absolute atomic E-state index is 8.74. The van der Waals surface area contributed by atoms with E-state index in [1.807, 2.05) is 0 Å². The van der Waals surface area contributed by atoms with Crippen LogP contribution in [0.3, 0.4) is 0 Å². The van der Waals surface area contributed by atoms with Gasteiger partial charge >= 0.3 is 10.4 Å². The van der Waals surface area contributed by atoms with Crippen LogP contribution >= 0.6 is 13.5 Å². The van der Waals surface area contributed by atoms with Gasteiger partial charge in [0.1, 0.15) is 0 Å². The lowest BCUT2D eigenvalue weighted by atomic mass is 15.8. The molecule has 4 nitrogen and oxygen atoms in total. The summed E-state index contributed by atoms with van der Waals surface area (Å²) in [6.45, 7) is 0. The fourth-order valence-electron chi connectivity index (χ4n) is 0. The Bertz CT molecular complexity index is 88.7. The summed E-state index contributed by atoms with van der Waals surface area (Å²) in [4.78, 5) is 0. The first-order valence-electron chi connectivity index (χ1n) is 0.698. The number of hydrogen-bond acceptors (Lipinski definition) is 2. The lowest BCUT2D eigenvalue weighted by Gasteiger charge is -1.68. The molecule has 0 saturated carbocycles. The smallest absolute Gasteiger partial charge is 0.264 e. The van der Waals surface area contributed by atoms with Crippen molar-refractivity contribution >= 4 is 23.9 Å². The minimum atomic E-state index is -4.67. The predicted octanol–water partition coefficient (Wildman–Crippen LogP) is -0.00460. The molecule has 0 saturated heterocycles. The van der Waals surface area contributed by atoms with E-state index >= 15 is 0 Å². The number of hydrogen-bond donors (Lipinski definition) is 2.